The lowest BCUT2D eigenvalue weighted by molar-refractivity contribution is 0.343. The van der Waals surface area contributed by atoms with Crippen LogP contribution >= 0.6 is 0 Å². The first-order chi connectivity index (χ1) is 7.05. The monoisotopic (exact) mass is 229 g/mol. The second-order valence-electron chi connectivity index (χ2n) is 4.35. The number of hydrogen-bond acceptors (Lipinski definition) is 4. The van der Waals surface area contributed by atoms with Gasteiger partial charge in [0, 0.05) is 5.41 Å². The van der Waals surface area contributed by atoms with Crippen molar-refractivity contribution < 1.29 is 12.8 Å². The van der Waals surface area contributed by atoms with Gasteiger partial charge in [-0.2, -0.15) is 0 Å². The zero-order valence-electron chi connectivity index (χ0n) is 8.48. The van der Waals surface area contributed by atoms with Crippen LogP contribution in [0.4, 0.5) is 0 Å². The first kappa shape index (κ1) is 10.7. The summed E-state index contributed by atoms with van der Waals surface area (Å²) < 4.78 is 27.9. The highest BCUT2D eigenvalue weighted by Crippen LogP contribution is 2.34. The van der Waals surface area contributed by atoms with Crippen LogP contribution in [-0.4, -0.2) is 26.5 Å². The Balaban J connectivity index is 2.17. The van der Waals surface area contributed by atoms with E-state index in [0.29, 0.717) is 19.4 Å². The van der Waals surface area contributed by atoms with Crippen LogP contribution in [0.5, 0.6) is 0 Å². The summed E-state index contributed by atoms with van der Waals surface area (Å²) in [6.07, 6.45) is 4.61. The molecule has 0 radical (unpaired) electrons. The predicted octanol–water partition coefficient (Wildman–Crippen LogP) is 0.586. The molecule has 0 bridgehead atoms. The van der Waals surface area contributed by atoms with Crippen LogP contribution in [0.3, 0.4) is 0 Å². The Labute approximate surface area is 89.4 Å². The fraction of sp³-hybridized carbons (Fsp3) is 0.600. The lowest BCUT2D eigenvalue weighted by Crippen LogP contribution is -2.33. The molecule has 1 saturated heterocycles. The third-order valence-electron chi connectivity index (χ3n) is 3.06. The zero-order chi connectivity index (χ0) is 10.9. The first-order valence-corrected chi connectivity index (χ1v) is 6.79. The topological polar surface area (TPSA) is 73.3 Å². The van der Waals surface area contributed by atoms with Crippen LogP contribution in [0.1, 0.15) is 12.0 Å². The van der Waals surface area contributed by atoms with E-state index in [2.05, 4.69) is 0 Å². The van der Waals surface area contributed by atoms with E-state index in [9.17, 15) is 8.42 Å². The Morgan fingerprint density at radius 2 is 2.33 bits per heavy atom. The van der Waals surface area contributed by atoms with E-state index < -0.39 is 9.84 Å². The fourth-order valence-electron chi connectivity index (χ4n) is 2.18. The minimum atomic E-state index is -2.88. The maximum Gasteiger partial charge on any atom is 0.150 e. The van der Waals surface area contributed by atoms with Crippen molar-refractivity contribution in [2.24, 2.45) is 11.1 Å². The lowest BCUT2D eigenvalue weighted by Gasteiger charge is -2.24. The van der Waals surface area contributed by atoms with Crippen molar-refractivity contribution in [3.63, 3.8) is 0 Å². The quantitative estimate of drug-likeness (QED) is 0.823. The molecule has 1 unspecified atom stereocenters. The molecule has 84 valence electrons. The Hall–Kier alpha value is -0.810. The summed E-state index contributed by atoms with van der Waals surface area (Å²) >= 11 is 0. The normalized spacial score (nSPS) is 29.4. The van der Waals surface area contributed by atoms with Gasteiger partial charge in [0.1, 0.15) is 0 Å². The smallest absolute Gasteiger partial charge is 0.150 e. The van der Waals surface area contributed by atoms with Gasteiger partial charge < -0.3 is 10.2 Å². The molecule has 1 aliphatic heterocycles. The van der Waals surface area contributed by atoms with Gasteiger partial charge in [-0.05, 0) is 31.0 Å². The fourth-order valence-corrected chi connectivity index (χ4v) is 4.37. The number of sulfone groups is 1. The molecule has 2 rings (SSSR count). The van der Waals surface area contributed by atoms with Gasteiger partial charge in [0.25, 0.3) is 0 Å². The average Bonchev–Trinajstić information content (AvgIpc) is 2.75. The van der Waals surface area contributed by atoms with Gasteiger partial charge in [-0.3, -0.25) is 0 Å². The van der Waals surface area contributed by atoms with Crippen molar-refractivity contribution >= 4 is 9.84 Å². The largest absolute Gasteiger partial charge is 0.472 e. The summed E-state index contributed by atoms with van der Waals surface area (Å²) in [5.41, 5.74) is 6.46. The average molecular weight is 229 g/mol. The molecule has 1 atom stereocenters. The van der Waals surface area contributed by atoms with E-state index in [0.717, 1.165) is 5.56 Å². The lowest BCUT2D eigenvalue weighted by atomic mass is 9.82. The molecule has 0 spiro atoms. The molecule has 2 heterocycles. The summed E-state index contributed by atoms with van der Waals surface area (Å²) in [6.45, 7) is 0.414. The highest BCUT2D eigenvalue weighted by Gasteiger charge is 2.41. The van der Waals surface area contributed by atoms with Gasteiger partial charge in [0.2, 0.25) is 0 Å². The Bertz CT molecular complexity index is 424. The summed E-state index contributed by atoms with van der Waals surface area (Å²) in [5, 5.41) is 0. The minimum Gasteiger partial charge on any atom is -0.472 e. The maximum absolute atomic E-state index is 11.5. The summed E-state index contributed by atoms with van der Waals surface area (Å²) in [7, 11) is -2.88. The molecule has 1 fully saturated rings. The molecule has 1 aliphatic rings. The number of rotatable bonds is 3. The Morgan fingerprint density at radius 3 is 2.80 bits per heavy atom. The molecule has 0 saturated carbocycles. The van der Waals surface area contributed by atoms with E-state index in [1.807, 2.05) is 6.07 Å². The van der Waals surface area contributed by atoms with Crippen molar-refractivity contribution in [3.05, 3.63) is 24.2 Å². The van der Waals surface area contributed by atoms with Crippen LogP contribution < -0.4 is 5.73 Å². The molecule has 15 heavy (non-hydrogen) atoms. The molecule has 2 N–H and O–H groups in total. The van der Waals surface area contributed by atoms with E-state index in [-0.39, 0.29) is 16.9 Å². The van der Waals surface area contributed by atoms with Crippen LogP contribution in [0.15, 0.2) is 23.0 Å². The van der Waals surface area contributed by atoms with Gasteiger partial charge >= 0.3 is 0 Å². The molecule has 1 aromatic rings. The predicted molar refractivity (Wildman–Crippen MR) is 57.2 cm³/mol. The molecule has 5 heteroatoms. The van der Waals surface area contributed by atoms with Crippen molar-refractivity contribution in [2.75, 3.05) is 18.1 Å². The number of furan rings is 1. The van der Waals surface area contributed by atoms with Gasteiger partial charge in [-0.25, -0.2) is 8.42 Å². The van der Waals surface area contributed by atoms with Crippen LogP contribution in [-0.2, 0) is 16.3 Å². The number of hydrogen-bond donors (Lipinski definition) is 1. The Kier molecular flexibility index (Phi) is 2.60. The number of nitrogens with two attached hydrogens (primary N) is 1. The van der Waals surface area contributed by atoms with Crippen molar-refractivity contribution in [3.8, 4) is 0 Å². The van der Waals surface area contributed by atoms with Crippen molar-refractivity contribution in [1.29, 1.82) is 0 Å². The second-order valence-corrected chi connectivity index (χ2v) is 6.54. The highest BCUT2D eigenvalue weighted by atomic mass is 32.2. The SMILES string of the molecule is NCC1(Cc2ccoc2)CCS(=O)(=O)C1. The molecular formula is C10H15NO3S. The molecule has 0 aromatic carbocycles. The van der Waals surface area contributed by atoms with Gasteiger partial charge in [0.05, 0.1) is 24.0 Å². The van der Waals surface area contributed by atoms with Crippen molar-refractivity contribution in [1.82, 2.24) is 0 Å². The van der Waals surface area contributed by atoms with Crippen LogP contribution in [0.25, 0.3) is 0 Å². The first-order valence-electron chi connectivity index (χ1n) is 4.97. The molecule has 0 amide bonds. The van der Waals surface area contributed by atoms with Crippen molar-refractivity contribution in [2.45, 2.75) is 12.8 Å². The Morgan fingerprint density at radius 1 is 1.53 bits per heavy atom. The third kappa shape index (κ3) is 2.23. The van der Waals surface area contributed by atoms with Crippen LogP contribution in [0.2, 0.25) is 0 Å². The van der Waals surface area contributed by atoms with E-state index >= 15 is 0 Å². The zero-order valence-corrected chi connectivity index (χ0v) is 9.29. The van der Waals surface area contributed by atoms with E-state index in [1.54, 1.807) is 12.5 Å². The summed E-state index contributed by atoms with van der Waals surface area (Å²) in [5.74, 6) is 0.476. The molecule has 1 aromatic heterocycles. The van der Waals surface area contributed by atoms with Crippen LogP contribution in [0, 0.1) is 5.41 Å². The van der Waals surface area contributed by atoms with E-state index in [1.165, 1.54) is 0 Å². The van der Waals surface area contributed by atoms with Gasteiger partial charge in [0.15, 0.2) is 9.84 Å². The van der Waals surface area contributed by atoms with Gasteiger partial charge in [-0.1, -0.05) is 0 Å². The molecule has 4 nitrogen and oxygen atoms in total. The standard InChI is InChI=1S/C10H15NO3S/c11-7-10(2-4-15(12,13)8-10)5-9-1-3-14-6-9/h1,3,6H,2,4-5,7-8,11H2. The maximum atomic E-state index is 11.5. The second kappa shape index (κ2) is 3.64. The van der Waals surface area contributed by atoms with Gasteiger partial charge in [-0.15, -0.1) is 0 Å². The molecule has 0 aliphatic carbocycles. The van der Waals surface area contributed by atoms with E-state index in [4.69, 9.17) is 10.2 Å². The third-order valence-corrected chi connectivity index (χ3v) is 4.94. The highest BCUT2D eigenvalue weighted by molar-refractivity contribution is 7.91. The minimum absolute atomic E-state index is 0.210. The summed E-state index contributed by atoms with van der Waals surface area (Å²) in [4.78, 5) is 0. The summed E-state index contributed by atoms with van der Waals surface area (Å²) in [6, 6.07) is 1.86. The molecular weight excluding hydrogens is 214 g/mol.